The molecule has 0 bridgehead atoms. The fourth-order valence-corrected chi connectivity index (χ4v) is 3.56. The van der Waals surface area contributed by atoms with Crippen molar-refractivity contribution in [1.82, 2.24) is 4.90 Å². The maximum atomic E-state index is 12.6. The highest BCUT2D eigenvalue weighted by Crippen LogP contribution is 2.24. The van der Waals surface area contributed by atoms with Crippen LogP contribution in [-0.4, -0.2) is 34.8 Å². The summed E-state index contributed by atoms with van der Waals surface area (Å²) in [6, 6.07) is 24.3. The Hall–Kier alpha value is -2.30. The number of benzene rings is 3. The first-order chi connectivity index (χ1) is 12.3. The molecule has 3 rings (SSSR count). The number of aliphatic hydroxyl groups excluding tert-OH is 1. The van der Waals surface area contributed by atoms with Gasteiger partial charge in [-0.1, -0.05) is 60.7 Å². The number of carbonyl (C=O) groups is 1. The highest BCUT2D eigenvalue weighted by Gasteiger charge is 2.14. The third-order valence-corrected chi connectivity index (χ3v) is 5.00. The van der Waals surface area contributed by atoms with Crippen LogP contribution in [0.1, 0.15) is 5.56 Å². The van der Waals surface area contributed by atoms with E-state index in [1.807, 2.05) is 48.5 Å². The molecule has 4 heteroatoms. The van der Waals surface area contributed by atoms with Crippen molar-refractivity contribution in [3.63, 3.8) is 0 Å². The Morgan fingerprint density at radius 1 is 0.920 bits per heavy atom. The number of amides is 1. The first-order valence-corrected chi connectivity index (χ1v) is 9.29. The van der Waals surface area contributed by atoms with Crippen molar-refractivity contribution in [3.8, 4) is 0 Å². The highest BCUT2D eigenvalue weighted by atomic mass is 32.2. The van der Waals surface area contributed by atoms with Gasteiger partial charge in [-0.15, -0.1) is 11.8 Å². The SMILES string of the molecule is O=C(CSc1ccc2ccccc2c1)N(CCO)Cc1ccccc1. The van der Waals surface area contributed by atoms with E-state index < -0.39 is 0 Å². The number of hydrogen-bond donors (Lipinski definition) is 1. The van der Waals surface area contributed by atoms with E-state index in [-0.39, 0.29) is 12.5 Å². The second-order valence-corrected chi connectivity index (χ2v) is 6.87. The van der Waals surface area contributed by atoms with Gasteiger partial charge in [0.15, 0.2) is 0 Å². The van der Waals surface area contributed by atoms with Gasteiger partial charge in [0.2, 0.25) is 5.91 Å². The van der Waals surface area contributed by atoms with Gasteiger partial charge in [-0.2, -0.15) is 0 Å². The summed E-state index contributed by atoms with van der Waals surface area (Å²) in [5, 5.41) is 11.6. The van der Waals surface area contributed by atoms with E-state index in [2.05, 4.69) is 24.3 Å². The number of rotatable bonds is 7. The van der Waals surface area contributed by atoms with E-state index in [0.29, 0.717) is 18.8 Å². The van der Waals surface area contributed by atoms with Crippen LogP contribution in [0.3, 0.4) is 0 Å². The number of carbonyl (C=O) groups excluding carboxylic acids is 1. The molecule has 0 aliphatic carbocycles. The lowest BCUT2D eigenvalue weighted by atomic mass is 10.1. The van der Waals surface area contributed by atoms with E-state index in [4.69, 9.17) is 0 Å². The molecule has 0 radical (unpaired) electrons. The third-order valence-electron chi connectivity index (χ3n) is 4.02. The number of aliphatic hydroxyl groups is 1. The van der Waals surface area contributed by atoms with Gasteiger partial charge in [0.1, 0.15) is 0 Å². The molecule has 3 aromatic rings. The molecule has 25 heavy (non-hydrogen) atoms. The van der Waals surface area contributed by atoms with E-state index >= 15 is 0 Å². The summed E-state index contributed by atoms with van der Waals surface area (Å²) in [6.07, 6.45) is 0. The van der Waals surface area contributed by atoms with E-state index in [0.717, 1.165) is 10.5 Å². The Morgan fingerprint density at radius 2 is 1.64 bits per heavy atom. The highest BCUT2D eigenvalue weighted by molar-refractivity contribution is 8.00. The van der Waals surface area contributed by atoms with Gasteiger partial charge in [-0.25, -0.2) is 0 Å². The summed E-state index contributed by atoms with van der Waals surface area (Å²) in [7, 11) is 0. The lowest BCUT2D eigenvalue weighted by Gasteiger charge is -2.21. The zero-order valence-electron chi connectivity index (χ0n) is 14.0. The van der Waals surface area contributed by atoms with Crippen LogP contribution in [0.15, 0.2) is 77.7 Å². The van der Waals surface area contributed by atoms with Crippen LogP contribution < -0.4 is 0 Å². The molecule has 0 atom stereocenters. The summed E-state index contributed by atoms with van der Waals surface area (Å²) in [6.45, 7) is 0.851. The second kappa shape index (κ2) is 8.70. The largest absolute Gasteiger partial charge is 0.395 e. The maximum absolute atomic E-state index is 12.6. The van der Waals surface area contributed by atoms with Crippen molar-refractivity contribution in [3.05, 3.63) is 78.4 Å². The van der Waals surface area contributed by atoms with Crippen LogP contribution >= 0.6 is 11.8 Å². The van der Waals surface area contributed by atoms with E-state index in [1.54, 1.807) is 4.90 Å². The number of nitrogens with zero attached hydrogens (tertiary/aromatic N) is 1. The fourth-order valence-electron chi connectivity index (χ4n) is 2.71. The Morgan fingerprint density at radius 3 is 2.40 bits per heavy atom. The van der Waals surface area contributed by atoms with E-state index in [1.165, 1.54) is 22.5 Å². The van der Waals surface area contributed by atoms with Gasteiger partial charge in [-0.3, -0.25) is 4.79 Å². The van der Waals surface area contributed by atoms with Crippen LogP contribution in [0.25, 0.3) is 10.8 Å². The number of fused-ring (bicyclic) bond motifs is 1. The second-order valence-electron chi connectivity index (χ2n) is 5.82. The van der Waals surface area contributed by atoms with Gasteiger partial charge in [0.25, 0.3) is 0 Å². The van der Waals surface area contributed by atoms with E-state index in [9.17, 15) is 9.90 Å². The molecular weight excluding hydrogens is 330 g/mol. The predicted octanol–water partition coefficient (Wildman–Crippen LogP) is 3.95. The van der Waals surface area contributed by atoms with Crippen LogP contribution in [0, 0.1) is 0 Å². The summed E-state index contributed by atoms with van der Waals surface area (Å²) in [4.78, 5) is 15.4. The first-order valence-electron chi connectivity index (χ1n) is 8.30. The topological polar surface area (TPSA) is 40.5 Å². The molecule has 0 heterocycles. The van der Waals surface area contributed by atoms with Crippen molar-refractivity contribution in [2.75, 3.05) is 18.9 Å². The Bertz CT molecular complexity index is 835. The third kappa shape index (κ3) is 4.84. The van der Waals surface area contributed by atoms with Crippen LogP contribution in [0.4, 0.5) is 0 Å². The van der Waals surface area contributed by atoms with Crippen LogP contribution in [-0.2, 0) is 11.3 Å². The predicted molar refractivity (Wildman–Crippen MR) is 104 cm³/mol. The molecule has 0 saturated carbocycles. The monoisotopic (exact) mass is 351 g/mol. The zero-order chi connectivity index (χ0) is 17.5. The molecule has 0 saturated heterocycles. The molecule has 1 amide bonds. The maximum Gasteiger partial charge on any atom is 0.233 e. The average molecular weight is 351 g/mol. The first kappa shape index (κ1) is 17.5. The Labute approximate surface area is 152 Å². The number of thioether (sulfide) groups is 1. The van der Waals surface area contributed by atoms with Gasteiger partial charge in [0.05, 0.1) is 12.4 Å². The molecule has 0 aromatic heterocycles. The summed E-state index contributed by atoms with van der Waals surface area (Å²) < 4.78 is 0. The summed E-state index contributed by atoms with van der Waals surface area (Å²) >= 11 is 1.54. The molecule has 1 N–H and O–H groups in total. The quantitative estimate of drug-likeness (QED) is 0.655. The molecule has 0 aliphatic heterocycles. The van der Waals surface area contributed by atoms with Gasteiger partial charge in [-0.05, 0) is 28.5 Å². The Kier molecular flexibility index (Phi) is 6.09. The molecule has 0 aliphatic rings. The smallest absolute Gasteiger partial charge is 0.233 e. The normalized spacial score (nSPS) is 10.8. The van der Waals surface area contributed by atoms with Crippen LogP contribution in [0.2, 0.25) is 0 Å². The minimum atomic E-state index is -0.0286. The minimum absolute atomic E-state index is 0.0286. The lowest BCUT2D eigenvalue weighted by molar-refractivity contribution is -0.129. The average Bonchev–Trinajstić information content (AvgIpc) is 2.66. The molecule has 3 nitrogen and oxygen atoms in total. The minimum Gasteiger partial charge on any atom is -0.395 e. The van der Waals surface area contributed by atoms with Crippen molar-refractivity contribution in [2.24, 2.45) is 0 Å². The molecular formula is C21H21NO2S. The Balaban J connectivity index is 1.63. The summed E-state index contributed by atoms with van der Waals surface area (Å²) in [5.74, 6) is 0.404. The standard InChI is InChI=1S/C21H21NO2S/c23-13-12-22(15-17-6-2-1-3-7-17)21(24)16-25-20-11-10-18-8-4-5-9-19(18)14-20/h1-11,14,23H,12-13,15-16H2. The van der Waals surface area contributed by atoms with Crippen molar-refractivity contribution in [1.29, 1.82) is 0 Å². The molecule has 3 aromatic carbocycles. The van der Waals surface area contributed by atoms with Crippen molar-refractivity contribution < 1.29 is 9.90 Å². The molecule has 128 valence electrons. The van der Waals surface area contributed by atoms with Crippen molar-refractivity contribution in [2.45, 2.75) is 11.4 Å². The fraction of sp³-hybridized carbons (Fsp3) is 0.190. The van der Waals surface area contributed by atoms with Gasteiger partial charge >= 0.3 is 0 Å². The number of hydrogen-bond acceptors (Lipinski definition) is 3. The lowest BCUT2D eigenvalue weighted by Crippen LogP contribution is -2.34. The summed E-state index contributed by atoms with van der Waals surface area (Å²) in [5.41, 5.74) is 1.07. The molecule has 0 fully saturated rings. The van der Waals surface area contributed by atoms with Crippen LogP contribution in [0.5, 0.6) is 0 Å². The molecule has 0 unspecified atom stereocenters. The van der Waals surface area contributed by atoms with Gasteiger partial charge in [0, 0.05) is 18.0 Å². The van der Waals surface area contributed by atoms with Crippen molar-refractivity contribution >= 4 is 28.4 Å². The zero-order valence-corrected chi connectivity index (χ0v) is 14.8. The van der Waals surface area contributed by atoms with Gasteiger partial charge < -0.3 is 10.0 Å². The molecule has 0 spiro atoms.